The molecular formula is C14H12F7NO4S2. The molecule has 0 N–H and O–H groups in total. The van der Waals surface area contributed by atoms with Crippen molar-refractivity contribution >= 4 is 26.2 Å². The number of halogens is 7. The summed E-state index contributed by atoms with van der Waals surface area (Å²) in [5.41, 5.74) is 0.101. The molecule has 0 aliphatic rings. The van der Waals surface area contributed by atoms with E-state index in [0.29, 0.717) is 0 Å². The Balaban J connectivity index is 3.09. The standard InChI is InChI=1S/C14H12F7NO4S2/c1-27(2,8-11(23)10-5-3-9(7-22)4-6-10)26-28(24,25)14(20,21)12(15,16)13(17,18)19/h3-6H,8H2,1-2H3. The number of carbonyl (C=O) groups excluding carboxylic acids is 1. The van der Waals surface area contributed by atoms with Crippen molar-refractivity contribution in [1.82, 2.24) is 0 Å². The zero-order chi connectivity index (χ0) is 22.2. The van der Waals surface area contributed by atoms with Gasteiger partial charge in [0.1, 0.15) is 0 Å². The minimum atomic E-state index is -6.91. The molecule has 0 saturated carbocycles. The molecule has 28 heavy (non-hydrogen) atoms. The predicted octanol–water partition coefficient (Wildman–Crippen LogP) is 3.86. The molecule has 1 aromatic carbocycles. The van der Waals surface area contributed by atoms with Gasteiger partial charge in [-0.1, -0.05) is 12.1 Å². The van der Waals surface area contributed by atoms with Gasteiger partial charge in [-0.2, -0.15) is 44.4 Å². The maximum Gasteiger partial charge on any atom is 0.461 e. The van der Waals surface area contributed by atoms with Gasteiger partial charge in [0.15, 0.2) is 5.78 Å². The second kappa shape index (κ2) is 7.53. The minimum absolute atomic E-state index is 0.0760. The highest BCUT2D eigenvalue weighted by Gasteiger charge is 2.79. The third kappa shape index (κ3) is 4.76. The van der Waals surface area contributed by atoms with E-state index >= 15 is 0 Å². The fourth-order valence-electron chi connectivity index (χ4n) is 1.76. The lowest BCUT2D eigenvalue weighted by molar-refractivity contribution is -0.333. The molecule has 0 fully saturated rings. The van der Waals surface area contributed by atoms with Crippen LogP contribution in [0.3, 0.4) is 0 Å². The first-order chi connectivity index (χ1) is 12.4. The predicted molar refractivity (Wildman–Crippen MR) is 85.7 cm³/mol. The van der Waals surface area contributed by atoms with Crippen LogP contribution in [0.4, 0.5) is 30.7 Å². The molecule has 0 aliphatic carbocycles. The van der Waals surface area contributed by atoms with Crippen LogP contribution in [-0.4, -0.2) is 49.8 Å². The fourth-order valence-corrected chi connectivity index (χ4v) is 5.46. The van der Waals surface area contributed by atoms with Crippen molar-refractivity contribution in [3.05, 3.63) is 35.4 Å². The summed E-state index contributed by atoms with van der Waals surface area (Å²) in [7, 11) is -10.1. The zero-order valence-electron chi connectivity index (χ0n) is 14.1. The van der Waals surface area contributed by atoms with E-state index in [0.717, 1.165) is 24.6 Å². The molecule has 1 aromatic rings. The molecular weight excluding hydrogens is 443 g/mol. The second-order valence-electron chi connectivity index (χ2n) is 5.80. The van der Waals surface area contributed by atoms with Crippen molar-refractivity contribution in [3.63, 3.8) is 0 Å². The number of benzene rings is 1. The topological polar surface area (TPSA) is 84.2 Å². The Bertz CT molecular complexity index is 888. The van der Waals surface area contributed by atoms with E-state index in [1.807, 2.05) is 0 Å². The van der Waals surface area contributed by atoms with Crippen molar-refractivity contribution in [2.75, 3.05) is 18.3 Å². The average Bonchev–Trinajstić information content (AvgIpc) is 2.51. The summed E-state index contributed by atoms with van der Waals surface area (Å²) in [6.07, 6.45) is -5.20. The third-order valence-corrected chi connectivity index (χ3v) is 7.16. The number of nitrogens with zero attached hydrogens (tertiary/aromatic N) is 1. The highest BCUT2D eigenvalue weighted by molar-refractivity contribution is 8.32. The van der Waals surface area contributed by atoms with E-state index in [2.05, 4.69) is 3.63 Å². The highest BCUT2D eigenvalue weighted by Crippen LogP contribution is 2.53. The Morgan fingerprint density at radius 2 is 1.50 bits per heavy atom. The van der Waals surface area contributed by atoms with E-state index in [9.17, 15) is 43.9 Å². The molecule has 14 heteroatoms. The lowest BCUT2D eigenvalue weighted by Gasteiger charge is -2.33. The Kier molecular flexibility index (Phi) is 6.50. The quantitative estimate of drug-likeness (QED) is 0.461. The normalized spacial score (nSPS) is 14.4. The number of carbonyl (C=O) groups is 1. The first kappa shape index (κ1) is 24.2. The molecule has 0 radical (unpaired) electrons. The van der Waals surface area contributed by atoms with Crippen molar-refractivity contribution in [2.24, 2.45) is 0 Å². The van der Waals surface area contributed by atoms with Gasteiger partial charge in [-0.3, -0.25) is 4.79 Å². The molecule has 0 atom stereocenters. The molecule has 0 unspecified atom stereocenters. The van der Waals surface area contributed by atoms with Crippen LogP contribution in [0, 0.1) is 11.3 Å². The smallest absolute Gasteiger partial charge is 0.293 e. The second-order valence-corrected chi connectivity index (χ2v) is 10.9. The van der Waals surface area contributed by atoms with Crippen LogP contribution in [0.1, 0.15) is 15.9 Å². The van der Waals surface area contributed by atoms with Crippen LogP contribution in [0.2, 0.25) is 0 Å². The van der Waals surface area contributed by atoms with Gasteiger partial charge in [0.05, 0.1) is 17.4 Å². The number of alkyl halides is 7. The van der Waals surface area contributed by atoms with E-state index < -0.39 is 49.3 Å². The van der Waals surface area contributed by atoms with Crippen molar-refractivity contribution in [3.8, 4) is 6.07 Å². The van der Waals surface area contributed by atoms with Crippen molar-refractivity contribution in [1.29, 1.82) is 5.26 Å². The summed E-state index contributed by atoms with van der Waals surface area (Å²) >= 11 is 0. The van der Waals surface area contributed by atoms with Gasteiger partial charge < -0.3 is 0 Å². The van der Waals surface area contributed by atoms with Gasteiger partial charge in [-0.25, -0.2) is 3.63 Å². The van der Waals surface area contributed by atoms with Crippen molar-refractivity contribution < 1.29 is 47.6 Å². The number of Topliss-reactive ketones (excluding diaryl/α,β-unsaturated/α-hetero) is 1. The Morgan fingerprint density at radius 3 is 1.89 bits per heavy atom. The third-order valence-electron chi connectivity index (χ3n) is 3.12. The van der Waals surface area contributed by atoms with Gasteiger partial charge in [0.25, 0.3) is 0 Å². The van der Waals surface area contributed by atoms with Crippen LogP contribution in [-0.2, 0) is 13.7 Å². The zero-order valence-corrected chi connectivity index (χ0v) is 15.7. The summed E-state index contributed by atoms with van der Waals surface area (Å²) in [5, 5.41) is 2.04. The maximum atomic E-state index is 13.5. The number of hydrogen-bond acceptors (Lipinski definition) is 5. The summed E-state index contributed by atoms with van der Waals surface area (Å²) in [6, 6.07) is 6.54. The molecule has 0 spiro atoms. The van der Waals surface area contributed by atoms with Gasteiger partial charge >= 0.3 is 27.5 Å². The minimum Gasteiger partial charge on any atom is -0.293 e. The van der Waals surface area contributed by atoms with E-state index in [4.69, 9.17) is 5.26 Å². The molecule has 158 valence electrons. The number of ketones is 1. The van der Waals surface area contributed by atoms with Gasteiger partial charge in [-0.05, 0) is 24.6 Å². The molecule has 0 aliphatic heterocycles. The van der Waals surface area contributed by atoms with Crippen molar-refractivity contribution in [2.45, 2.75) is 17.4 Å². The lowest BCUT2D eigenvalue weighted by Crippen LogP contribution is -2.56. The molecule has 0 amide bonds. The summed E-state index contributed by atoms with van der Waals surface area (Å²) in [6.45, 7) is 0. The average molecular weight is 455 g/mol. The van der Waals surface area contributed by atoms with E-state index in [1.54, 1.807) is 6.07 Å². The van der Waals surface area contributed by atoms with E-state index in [1.165, 1.54) is 12.1 Å². The van der Waals surface area contributed by atoms with E-state index in [-0.39, 0.29) is 11.1 Å². The number of rotatable bonds is 7. The van der Waals surface area contributed by atoms with Gasteiger partial charge in [-0.15, -0.1) is 10.3 Å². The largest absolute Gasteiger partial charge is 0.461 e. The van der Waals surface area contributed by atoms with Crippen LogP contribution in [0.25, 0.3) is 0 Å². The Morgan fingerprint density at radius 1 is 1.04 bits per heavy atom. The Hall–Kier alpha value is -1.85. The number of nitriles is 1. The first-order valence-electron chi connectivity index (χ1n) is 6.90. The lowest BCUT2D eigenvalue weighted by atomic mass is 10.1. The molecule has 0 aromatic heterocycles. The van der Waals surface area contributed by atoms with Crippen LogP contribution in [0.15, 0.2) is 24.3 Å². The van der Waals surface area contributed by atoms with Gasteiger partial charge in [0.2, 0.25) is 0 Å². The summed E-state index contributed by atoms with van der Waals surface area (Å²) < 4.78 is 116. The van der Waals surface area contributed by atoms with Crippen LogP contribution >= 0.6 is 10.3 Å². The summed E-state index contributed by atoms with van der Waals surface area (Å²) in [4.78, 5) is 12.1. The SMILES string of the molecule is CS(C)(CC(=O)c1ccc(C#N)cc1)OS(=O)(=O)C(F)(F)C(F)(F)C(F)(F)F. The molecule has 5 nitrogen and oxygen atoms in total. The van der Waals surface area contributed by atoms with Crippen LogP contribution < -0.4 is 0 Å². The maximum absolute atomic E-state index is 13.5. The van der Waals surface area contributed by atoms with Gasteiger partial charge in [0, 0.05) is 5.56 Å². The molecule has 1 rings (SSSR count). The monoisotopic (exact) mass is 455 g/mol. The first-order valence-corrected chi connectivity index (χ1v) is 10.9. The molecule has 0 bridgehead atoms. The molecule has 0 heterocycles. The fraction of sp³-hybridized carbons (Fsp3) is 0.429. The molecule has 0 saturated heterocycles. The number of hydrogen-bond donors (Lipinski definition) is 0. The van der Waals surface area contributed by atoms with Crippen LogP contribution in [0.5, 0.6) is 0 Å². The Labute approximate surface area is 156 Å². The summed E-state index contributed by atoms with van der Waals surface area (Å²) in [5.74, 6) is -8.64. The highest BCUT2D eigenvalue weighted by atomic mass is 32.3.